The van der Waals surface area contributed by atoms with E-state index < -0.39 is 21.9 Å². The van der Waals surface area contributed by atoms with Gasteiger partial charge in [-0.25, -0.2) is 12.7 Å². The summed E-state index contributed by atoms with van der Waals surface area (Å²) in [6, 6.07) is 9.73. The maximum absolute atomic E-state index is 12.2. The van der Waals surface area contributed by atoms with Gasteiger partial charge in [-0.15, -0.1) is 0 Å². The summed E-state index contributed by atoms with van der Waals surface area (Å²) in [6.07, 6.45) is 1.21. The summed E-state index contributed by atoms with van der Waals surface area (Å²) in [5, 5.41) is 8.94. The first-order valence-electron chi connectivity index (χ1n) is 7.81. The van der Waals surface area contributed by atoms with Gasteiger partial charge in [0.25, 0.3) is 0 Å². The molecular weight excluding hydrogens is 318 g/mol. The Morgan fingerprint density at radius 2 is 1.87 bits per heavy atom. The van der Waals surface area contributed by atoms with Crippen LogP contribution in [0.1, 0.15) is 24.8 Å². The van der Waals surface area contributed by atoms with Crippen LogP contribution in [-0.2, 0) is 26.2 Å². The van der Waals surface area contributed by atoms with Gasteiger partial charge in [0.2, 0.25) is 10.0 Å². The molecule has 2 rings (SSSR count). The molecule has 1 aromatic rings. The second kappa shape index (κ2) is 8.42. The number of carboxylic acids is 1. The lowest BCUT2D eigenvalue weighted by Crippen LogP contribution is -2.41. The number of rotatable bonds is 8. The van der Waals surface area contributed by atoms with E-state index in [-0.39, 0.29) is 5.75 Å². The molecule has 0 aromatic heterocycles. The third-order valence-corrected chi connectivity index (χ3v) is 5.96. The monoisotopic (exact) mass is 341 g/mol. The Kier molecular flexibility index (Phi) is 6.56. The molecule has 0 atom stereocenters. The molecule has 0 unspecified atom stereocenters. The van der Waals surface area contributed by atoms with Crippen LogP contribution in [-0.4, -0.2) is 49.2 Å². The summed E-state index contributed by atoms with van der Waals surface area (Å²) in [5.41, 5.74) is 1.06. The number of hydrogen-bond acceptors (Lipinski definition) is 4. The molecule has 1 aromatic carbocycles. The number of aliphatic carboxylic acids is 1. The van der Waals surface area contributed by atoms with Gasteiger partial charge in [0.1, 0.15) is 0 Å². The molecule has 0 aliphatic carbocycles. The van der Waals surface area contributed by atoms with E-state index in [1.165, 1.54) is 4.31 Å². The normalized spacial score (nSPS) is 17.2. The zero-order valence-corrected chi connectivity index (χ0v) is 13.9. The molecule has 0 saturated carbocycles. The topological polar surface area (TPSA) is 83.9 Å². The first kappa shape index (κ1) is 17.9. The van der Waals surface area contributed by atoms with E-state index in [2.05, 4.69) is 0 Å². The van der Waals surface area contributed by atoms with Gasteiger partial charge in [-0.05, 0) is 24.8 Å². The average molecular weight is 341 g/mol. The summed E-state index contributed by atoms with van der Waals surface area (Å²) in [7, 11) is -3.32. The molecule has 0 bridgehead atoms. The van der Waals surface area contributed by atoms with Crippen LogP contribution >= 0.6 is 0 Å². The summed E-state index contributed by atoms with van der Waals surface area (Å²) < 4.78 is 31.3. The quantitative estimate of drug-likeness (QED) is 0.728. The summed E-state index contributed by atoms with van der Waals surface area (Å²) in [5.74, 6) is -1.22. The zero-order chi connectivity index (χ0) is 16.7. The van der Waals surface area contributed by atoms with Crippen LogP contribution in [0.25, 0.3) is 0 Å². The first-order valence-corrected chi connectivity index (χ1v) is 9.42. The molecule has 1 N–H and O–H groups in total. The third kappa shape index (κ3) is 5.60. The molecule has 1 fully saturated rings. The Balaban J connectivity index is 1.67. The lowest BCUT2D eigenvalue weighted by atomic mass is 9.99. The van der Waals surface area contributed by atoms with Gasteiger partial charge in [0, 0.05) is 19.7 Å². The molecule has 0 spiro atoms. The van der Waals surface area contributed by atoms with Gasteiger partial charge in [-0.2, -0.15) is 0 Å². The highest BCUT2D eigenvalue weighted by Gasteiger charge is 2.30. The van der Waals surface area contributed by atoms with Crippen molar-refractivity contribution in [3.05, 3.63) is 35.9 Å². The Hall–Kier alpha value is -1.44. The van der Waals surface area contributed by atoms with E-state index in [4.69, 9.17) is 9.84 Å². The number of ether oxygens (including phenoxy) is 1. The van der Waals surface area contributed by atoms with Crippen molar-refractivity contribution in [2.75, 3.05) is 25.4 Å². The van der Waals surface area contributed by atoms with Gasteiger partial charge in [0.05, 0.1) is 18.3 Å². The molecule has 1 saturated heterocycles. The van der Waals surface area contributed by atoms with E-state index in [0.717, 1.165) is 5.56 Å². The van der Waals surface area contributed by atoms with Crippen molar-refractivity contribution >= 4 is 16.0 Å². The number of carboxylic acid groups (broad SMARTS) is 1. The van der Waals surface area contributed by atoms with Gasteiger partial charge in [-0.1, -0.05) is 30.3 Å². The SMILES string of the molecule is O=C(O)C1CCN(S(=O)(=O)CCCOCc2ccccc2)CC1. The molecule has 23 heavy (non-hydrogen) atoms. The van der Waals surface area contributed by atoms with Crippen molar-refractivity contribution < 1.29 is 23.1 Å². The Bertz CT molecular complexity index is 594. The molecule has 1 aliphatic rings. The molecule has 7 heteroatoms. The fourth-order valence-electron chi connectivity index (χ4n) is 2.62. The summed E-state index contributed by atoms with van der Waals surface area (Å²) in [6.45, 7) is 1.46. The lowest BCUT2D eigenvalue weighted by molar-refractivity contribution is -0.142. The number of nitrogens with zero attached hydrogens (tertiary/aromatic N) is 1. The van der Waals surface area contributed by atoms with Crippen LogP contribution in [0.3, 0.4) is 0 Å². The van der Waals surface area contributed by atoms with E-state index in [9.17, 15) is 13.2 Å². The van der Waals surface area contributed by atoms with Crippen LogP contribution in [0.2, 0.25) is 0 Å². The Labute approximate surface area is 137 Å². The van der Waals surface area contributed by atoms with Crippen LogP contribution in [0.5, 0.6) is 0 Å². The smallest absolute Gasteiger partial charge is 0.306 e. The van der Waals surface area contributed by atoms with E-state index in [0.29, 0.717) is 45.6 Å². The van der Waals surface area contributed by atoms with Crippen molar-refractivity contribution in [1.82, 2.24) is 4.31 Å². The van der Waals surface area contributed by atoms with Crippen molar-refractivity contribution in [1.29, 1.82) is 0 Å². The largest absolute Gasteiger partial charge is 0.481 e. The van der Waals surface area contributed by atoms with E-state index >= 15 is 0 Å². The highest BCUT2D eigenvalue weighted by Crippen LogP contribution is 2.20. The van der Waals surface area contributed by atoms with Crippen LogP contribution in [0.15, 0.2) is 30.3 Å². The van der Waals surface area contributed by atoms with Crippen LogP contribution < -0.4 is 0 Å². The van der Waals surface area contributed by atoms with Gasteiger partial charge in [-0.3, -0.25) is 4.79 Å². The second-order valence-corrected chi connectivity index (χ2v) is 7.81. The molecular formula is C16H23NO5S. The highest BCUT2D eigenvalue weighted by atomic mass is 32.2. The van der Waals surface area contributed by atoms with Crippen molar-refractivity contribution in [3.63, 3.8) is 0 Å². The minimum atomic E-state index is -3.32. The number of hydrogen-bond donors (Lipinski definition) is 1. The van der Waals surface area contributed by atoms with Gasteiger partial charge >= 0.3 is 5.97 Å². The predicted octanol–water partition coefficient (Wildman–Crippen LogP) is 1.72. The molecule has 1 heterocycles. The number of piperidine rings is 1. The minimum absolute atomic E-state index is 0.0412. The van der Waals surface area contributed by atoms with Crippen LogP contribution in [0, 0.1) is 5.92 Å². The van der Waals surface area contributed by atoms with E-state index in [1.807, 2.05) is 30.3 Å². The van der Waals surface area contributed by atoms with Crippen molar-refractivity contribution in [2.24, 2.45) is 5.92 Å². The molecule has 0 radical (unpaired) electrons. The van der Waals surface area contributed by atoms with E-state index in [1.54, 1.807) is 0 Å². The predicted molar refractivity (Wildman–Crippen MR) is 86.4 cm³/mol. The first-order chi connectivity index (χ1) is 11.0. The Morgan fingerprint density at radius 1 is 1.22 bits per heavy atom. The van der Waals surface area contributed by atoms with Crippen molar-refractivity contribution in [2.45, 2.75) is 25.9 Å². The van der Waals surface area contributed by atoms with Gasteiger partial charge < -0.3 is 9.84 Å². The van der Waals surface area contributed by atoms with Gasteiger partial charge in [0.15, 0.2) is 0 Å². The number of sulfonamides is 1. The maximum atomic E-state index is 12.2. The highest BCUT2D eigenvalue weighted by molar-refractivity contribution is 7.89. The Morgan fingerprint density at radius 3 is 2.48 bits per heavy atom. The second-order valence-electron chi connectivity index (χ2n) is 5.72. The maximum Gasteiger partial charge on any atom is 0.306 e. The lowest BCUT2D eigenvalue weighted by Gasteiger charge is -2.29. The number of carbonyl (C=O) groups is 1. The summed E-state index contributed by atoms with van der Waals surface area (Å²) in [4.78, 5) is 10.9. The van der Waals surface area contributed by atoms with Crippen molar-refractivity contribution in [3.8, 4) is 0 Å². The molecule has 128 valence electrons. The molecule has 6 nitrogen and oxygen atoms in total. The standard InChI is InChI=1S/C16H23NO5S/c18-16(19)15-7-9-17(10-8-15)23(20,21)12-4-11-22-13-14-5-2-1-3-6-14/h1-3,5-6,15H,4,7-13H2,(H,18,19). The molecule has 1 aliphatic heterocycles. The van der Waals surface area contributed by atoms with Crippen LogP contribution in [0.4, 0.5) is 0 Å². The fraction of sp³-hybridized carbons (Fsp3) is 0.562. The fourth-order valence-corrected chi connectivity index (χ4v) is 4.13. The minimum Gasteiger partial charge on any atom is -0.481 e. The summed E-state index contributed by atoms with van der Waals surface area (Å²) >= 11 is 0. The zero-order valence-electron chi connectivity index (χ0n) is 13.1. The molecule has 0 amide bonds. The third-order valence-electron chi connectivity index (χ3n) is 4.00. The average Bonchev–Trinajstić information content (AvgIpc) is 2.55. The number of benzene rings is 1.